The van der Waals surface area contributed by atoms with Gasteiger partial charge in [-0.2, -0.15) is 0 Å². The molecule has 0 heterocycles. The molecule has 10 aromatic rings. The lowest BCUT2D eigenvalue weighted by atomic mass is 9.50. The molecule has 2 nitrogen and oxygen atoms in total. The quantitative estimate of drug-likeness (QED) is 0.127. The molecule has 0 spiro atoms. The number of benzene rings is 10. The molecule has 0 aromatic heterocycles. The third-order valence-electron chi connectivity index (χ3n) is 17.8. The number of rotatable bonds is 11. The molecule has 0 N–H and O–H groups in total. The molecule has 0 aliphatic heterocycles. The summed E-state index contributed by atoms with van der Waals surface area (Å²) in [5, 5.41) is 0. The first-order chi connectivity index (χ1) is 36.9. The molecule has 5 aliphatic carbocycles. The summed E-state index contributed by atoms with van der Waals surface area (Å²) in [4.78, 5) is 4.94. The molecule has 364 valence electrons. The Morgan fingerprint density at radius 1 is 0.307 bits per heavy atom. The minimum atomic E-state index is -0.110. The average molecular weight is 967 g/mol. The number of anilines is 6. The van der Waals surface area contributed by atoms with Gasteiger partial charge in [0.15, 0.2) is 0 Å². The van der Waals surface area contributed by atoms with Crippen molar-refractivity contribution in [2.24, 2.45) is 23.7 Å². The minimum Gasteiger partial charge on any atom is -0.311 e. The van der Waals surface area contributed by atoms with Crippen molar-refractivity contribution >= 4 is 34.1 Å². The molecule has 75 heavy (non-hydrogen) atoms. The summed E-state index contributed by atoms with van der Waals surface area (Å²) in [5.41, 5.74) is 23.6. The highest BCUT2D eigenvalue weighted by Gasteiger charge is 2.49. The first-order valence-electron chi connectivity index (χ1n) is 27.5. The monoisotopic (exact) mass is 966 g/mol. The van der Waals surface area contributed by atoms with Crippen LogP contribution in [0, 0.1) is 23.7 Å². The topological polar surface area (TPSA) is 6.48 Å². The van der Waals surface area contributed by atoms with Crippen molar-refractivity contribution in [3.05, 3.63) is 265 Å². The first kappa shape index (κ1) is 45.4. The van der Waals surface area contributed by atoms with Gasteiger partial charge in [0, 0.05) is 39.5 Å². The van der Waals surface area contributed by atoms with Gasteiger partial charge in [0.2, 0.25) is 0 Å². The SMILES string of the molecule is CC1(C)c2ccccc2-c2ccc(N(c3ccc(-c4cc(-c5ccccc5)c(-c5ccc(N(c6ccccc6)c6ccccc6)cc5)cc4-c4ccccc4)cc3)c3ccccc3C3C4CC5CC(C4)CC3C5)cc21. The largest absolute Gasteiger partial charge is 0.311 e. The van der Waals surface area contributed by atoms with Crippen molar-refractivity contribution in [3.8, 4) is 55.6 Å². The maximum atomic E-state index is 2.61. The van der Waals surface area contributed by atoms with Gasteiger partial charge in [0.1, 0.15) is 0 Å². The van der Waals surface area contributed by atoms with Gasteiger partial charge in [-0.3, -0.25) is 0 Å². The third-order valence-corrected chi connectivity index (χ3v) is 17.8. The van der Waals surface area contributed by atoms with Crippen LogP contribution in [0.5, 0.6) is 0 Å². The Hall–Kier alpha value is -8.20. The van der Waals surface area contributed by atoms with Crippen LogP contribution in [-0.2, 0) is 5.41 Å². The van der Waals surface area contributed by atoms with E-state index < -0.39 is 0 Å². The van der Waals surface area contributed by atoms with Crippen LogP contribution in [0.4, 0.5) is 34.1 Å². The summed E-state index contributed by atoms with van der Waals surface area (Å²) in [7, 11) is 0. The van der Waals surface area contributed by atoms with E-state index in [2.05, 4.69) is 272 Å². The van der Waals surface area contributed by atoms with Crippen molar-refractivity contribution in [1.82, 2.24) is 0 Å². The van der Waals surface area contributed by atoms with E-state index in [1.54, 1.807) is 0 Å². The van der Waals surface area contributed by atoms with E-state index in [9.17, 15) is 0 Å². The maximum Gasteiger partial charge on any atom is 0.0496 e. The zero-order valence-corrected chi connectivity index (χ0v) is 43.0. The highest BCUT2D eigenvalue weighted by Crippen LogP contribution is 2.61. The molecule has 10 aromatic carbocycles. The zero-order valence-electron chi connectivity index (χ0n) is 43.0. The van der Waals surface area contributed by atoms with Gasteiger partial charge < -0.3 is 9.80 Å². The first-order valence-corrected chi connectivity index (χ1v) is 27.5. The lowest BCUT2D eigenvalue weighted by Gasteiger charge is -2.55. The van der Waals surface area contributed by atoms with Crippen molar-refractivity contribution in [2.75, 3.05) is 9.80 Å². The Morgan fingerprint density at radius 3 is 1.24 bits per heavy atom. The highest BCUT2D eigenvalue weighted by atomic mass is 15.1. The van der Waals surface area contributed by atoms with Crippen LogP contribution < -0.4 is 9.80 Å². The smallest absolute Gasteiger partial charge is 0.0496 e. The highest BCUT2D eigenvalue weighted by molar-refractivity contribution is 5.96. The normalized spacial score (nSPS) is 19.6. The predicted molar refractivity (Wildman–Crippen MR) is 315 cm³/mol. The fraction of sp³-hybridized carbons (Fsp3) is 0.178. The Labute approximate surface area is 443 Å². The van der Waals surface area contributed by atoms with Gasteiger partial charge in [0.25, 0.3) is 0 Å². The number of nitrogens with zero attached hydrogens (tertiary/aromatic N) is 2. The fourth-order valence-corrected chi connectivity index (χ4v) is 14.6. The van der Waals surface area contributed by atoms with E-state index in [0.29, 0.717) is 5.92 Å². The number of hydrogen-bond donors (Lipinski definition) is 0. The molecule has 0 radical (unpaired) electrons. The summed E-state index contributed by atoms with van der Waals surface area (Å²) >= 11 is 0. The molecule has 0 unspecified atom stereocenters. The molecule has 4 fully saturated rings. The second-order valence-corrected chi connectivity index (χ2v) is 22.5. The van der Waals surface area contributed by atoms with Crippen molar-refractivity contribution < 1.29 is 0 Å². The minimum absolute atomic E-state index is 0.110. The standard InChI is InChI=1S/C73H62N2/c1-73(2)69-29-17-15-27-62(69)63-40-39-61(46-70(63)73)75(71-30-18-16-28-64(71)72-55-42-49-41-50(44-55)45-56(72)43-49)60-37-33-54(34-38-60)68-48-65(51-19-7-3-8-20-51)67(47-66(68)52-21-9-4-10-22-52)53-31-35-59(36-32-53)74(57-23-11-5-12-24-57)58-25-13-6-14-26-58/h3-40,46-50,55-56,72H,41-45H2,1-2H3. The van der Waals surface area contributed by atoms with Crippen LogP contribution in [0.15, 0.2) is 249 Å². The maximum absolute atomic E-state index is 2.61. The summed E-state index contributed by atoms with van der Waals surface area (Å²) in [5.74, 6) is 3.99. The molecule has 15 rings (SSSR count). The molecule has 0 atom stereocenters. The summed E-state index contributed by atoms with van der Waals surface area (Å²) in [6, 6.07) is 92.7. The zero-order chi connectivity index (χ0) is 50.0. The Morgan fingerprint density at radius 2 is 0.707 bits per heavy atom. The Kier molecular flexibility index (Phi) is 11.3. The number of hydrogen-bond acceptors (Lipinski definition) is 2. The fourth-order valence-electron chi connectivity index (χ4n) is 14.6. The molecule has 5 aliphatic rings. The van der Waals surface area contributed by atoms with Crippen LogP contribution in [0.1, 0.15) is 68.6 Å². The van der Waals surface area contributed by atoms with Crippen LogP contribution >= 0.6 is 0 Å². The van der Waals surface area contributed by atoms with Gasteiger partial charge in [-0.15, -0.1) is 0 Å². The molecule has 4 saturated carbocycles. The second-order valence-electron chi connectivity index (χ2n) is 22.5. The van der Waals surface area contributed by atoms with E-state index in [0.717, 1.165) is 40.7 Å². The summed E-state index contributed by atoms with van der Waals surface area (Å²) in [6.07, 6.45) is 7.04. The van der Waals surface area contributed by atoms with Crippen molar-refractivity contribution in [2.45, 2.75) is 57.3 Å². The van der Waals surface area contributed by atoms with E-state index in [1.807, 2.05) is 0 Å². The van der Waals surface area contributed by atoms with Gasteiger partial charge in [0.05, 0.1) is 0 Å². The van der Waals surface area contributed by atoms with Crippen LogP contribution in [0.3, 0.4) is 0 Å². The van der Waals surface area contributed by atoms with Gasteiger partial charge in [-0.25, -0.2) is 0 Å². The second kappa shape index (κ2) is 18.6. The molecular weight excluding hydrogens is 905 g/mol. The molecular formula is C73H62N2. The van der Waals surface area contributed by atoms with Crippen molar-refractivity contribution in [3.63, 3.8) is 0 Å². The Balaban J connectivity index is 0.903. The van der Waals surface area contributed by atoms with Crippen LogP contribution in [0.25, 0.3) is 55.6 Å². The van der Waals surface area contributed by atoms with E-state index in [1.165, 1.54) is 121 Å². The average Bonchev–Trinajstić information content (AvgIpc) is 3.71. The van der Waals surface area contributed by atoms with Gasteiger partial charge in [-0.1, -0.05) is 184 Å². The number of para-hydroxylation sites is 3. The Bertz CT molecular complexity index is 3610. The lowest BCUT2D eigenvalue weighted by molar-refractivity contribution is -0.00259. The molecule has 4 bridgehead atoms. The van der Waals surface area contributed by atoms with Gasteiger partial charge in [-0.05, 0) is 213 Å². The number of fused-ring (bicyclic) bond motifs is 3. The van der Waals surface area contributed by atoms with Crippen LogP contribution in [-0.4, -0.2) is 0 Å². The van der Waals surface area contributed by atoms with Gasteiger partial charge >= 0.3 is 0 Å². The third kappa shape index (κ3) is 8.02. The van der Waals surface area contributed by atoms with E-state index in [-0.39, 0.29) is 5.41 Å². The summed E-state index contributed by atoms with van der Waals surface area (Å²) < 4.78 is 0. The molecule has 0 saturated heterocycles. The van der Waals surface area contributed by atoms with E-state index in [4.69, 9.17) is 0 Å². The van der Waals surface area contributed by atoms with Crippen molar-refractivity contribution in [1.29, 1.82) is 0 Å². The predicted octanol–water partition coefficient (Wildman–Crippen LogP) is 20.1. The molecule has 2 heteroatoms. The molecule has 0 amide bonds. The summed E-state index contributed by atoms with van der Waals surface area (Å²) in [6.45, 7) is 4.81. The van der Waals surface area contributed by atoms with E-state index >= 15 is 0 Å². The lowest BCUT2D eigenvalue weighted by Crippen LogP contribution is -2.44. The van der Waals surface area contributed by atoms with Crippen LogP contribution in [0.2, 0.25) is 0 Å².